The molecule has 0 saturated carbocycles. The first-order valence-electron chi connectivity index (χ1n) is 4.81. The number of rotatable bonds is 2. The molecular formula is C12H15N. The first-order chi connectivity index (χ1) is 6.40. The minimum absolute atomic E-state index is 0.590. The van der Waals surface area contributed by atoms with Gasteiger partial charge in [0.15, 0.2) is 0 Å². The summed E-state index contributed by atoms with van der Waals surface area (Å²) in [6.07, 6.45) is 4.20. The molecule has 0 fully saturated rings. The van der Waals surface area contributed by atoms with Crippen LogP contribution in [0.2, 0.25) is 0 Å². The van der Waals surface area contributed by atoms with E-state index < -0.39 is 0 Å². The molecule has 1 aromatic rings. The second-order valence-electron chi connectivity index (χ2n) is 3.58. The van der Waals surface area contributed by atoms with Crippen LogP contribution in [0.5, 0.6) is 0 Å². The summed E-state index contributed by atoms with van der Waals surface area (Å²) in [6, 6.07) is 9.25. The first-order valence-corrected chi connectivity index (χ1v) is 4.81. The highest BCUT2D eigenvalue weighted by Crippen LogP contribution is 2.17. The van der Waals surface area contributed by atoms with Crippen LogP contribution in [-0.4, -0.2) is 6.04 Å². The van der Waals surface area contributed by atoms with Crippen LogP contribution >= 0.6 is 0 Å². The van der Waals surface area contributed by atoms with Crippen molar-refractivity contribution in [2.75, 3.05) is 0 Å². The molecule has 2 rings (SSSR count). The van der Waals surface area contributed by atoms with Crippen LogP contribution in [0.4, 0.5) is 0 Å². The van der Waals surface area contributed by atoms with Gasteiger partial charge in [-0.15, -0.1) is 6.58 Å². The molecule has 1 heteroatoms. The number of hydrogen-bond donors (Lipinski definition) is 1. The molecule has 1 aliphatic rings. The first kappa shape index (κ1) is 8.52. The molecule has 1 heterocycles. The highest BCUT2D eigenvalue weighted by atomic mass is 14.9. The van der Waals surface area contributed by atoms with Crippen molar-refractivity contribution in [3.05, 3.63) is 48.0 Å². The molecule has 68 valence electrons. The van der Waals surface area contributed by atoms with Crippen molar-refractivity contribution >= 4 is 0 Å². The molecule has 0 aliphatic carbocycles. The Morgan fingerprint density at radius 3 is 2.92 bits per heavy atom. The second-order valence-corrected chi connectivity index (χ2v) is 3.58. The molecule has 1 atom stereocenters. The summed E-state index contributed by atoms with van der Waals surface area (Å²) in [5.41, 5.74) is 2.94. The second kappa shape index (κ2) is 3.75. The molecule has 0 spiro atoms. The van der Waals surface area contributed by atoms with Gasteiger partial charge < -0.3 is 5.32 Å². The van der Waals surface area contributed by atoms with Gasteiger partial charge in [0.2, 0.25) is 0 Å². The lowest BCUT2D eigenvalue weighted by atomic mass is 9.94. The van der Waals surface area contributed by atoms with Crippen molar-refractivity contribution in [3.8, 4) is 0 Å². The van der Waals surface area contributed by atoms with Crippen LogP contribution in [0.3, 0.4) is 0 Å². The lowest BCUT2D eigenvalue weighted by Gasteiger charge is -2.25. The molecule has 1 N–H and O–H groups in total. The van der Waals surface area contributed by atoms with E-state index in [1.165, 1.54) is 11.1 Å². The zero-order valence-corrected chi connectivity index (χ0v) is 7.79. The highest BCUT2D eigenvalue weighted by molar-refractivity contribution is 5.29. The molecule has 0 radical (unpaired) electrons. The van der Waals surface area contributed by atoms with Gasteiger partial charge in [0.1, 0.15) is 0 Å². The normalized spacial score (nSPS) is 20.8. The highest BCUT2D eigenvalue weighted by Gasteiger charge is 2.15. The Labute approximate surface area is 79.5 Å². The fraction of sp³-hybridized carbons (Fsp3) is 0.333. The van der Waals surface area contributed by atoms with E-state index in [1.807, 2.05) is 6.08 Å². The maximum absolute atomic E-state index is 3.77. The molecule has 13 heavy (non-hydrogen) atoms. The van der Waals surface area contributed by atoms with Gasteiger partial charge >= 0.3 is 0 Å². The van der Waals surface area contributed by atoms with E-state index in [4.69, 9.17) is 0 Å². The maximum Gasteiger partial charge on any atom is 0.0211 e. The molecule has 0 aromatic heterocycles. The number of hydrogen-bond acceptors (Lipinski definition) is 1. The zero-order chi connectivity index (χ0) is 9.10. The fourth-order valence-electron chi connectivity index (χ4n) is 1.89. The monoisotopic (exact) mass is 173 g/mol. The van der Waals surface area contributed by atoms with E-state index in [0.717, 1.165) is 19.4 Å². The van der Waals surface area contributed by atoms with Gasteiger partial charge in [0, 0.05) is 12.6 Å². The summed E-state index contributed by atoms with van der Waals surface area (Å²) >= 11 is 0. The van der Waals surface area contributed by atoms with Gasteiger partial charge in [-0.25, -0.2) is 0 Å². The lowest BCUT2D eigenvalue weighted by molar-refractivity contribution is 0.484. The largest absolute Gasteiger partial charge is 0.309 e. The summed E-state index contributed by atoms with van der Waals surface area (Å²) in [4.78, 5) is 0. The van der Waals surface area contributed by atoms with Crippen molar-refractivity contribution in [2.45, 2.75) is 25.4 Å². The number of nitrogens with one attached hydrogen (secondary N) is 1. The Morgan fingerprint density at radius 2 is 2.15 bits per heavy atom. The molecular weight excluding hydrogens is 158 g/mol. The van der Waals surface area contributed by atoms with Gasteiger partial charge in [-0.3, -0.25) is 0 Å². The summed E-state index contributed by atoms with van der Waals surface area (Å²) in [5.74, 6) is 0. The van der Waals surface area contributed by atoms with E-state index in [9.17, 15) is 0 Å². The Kier molecular flexibility index (Phi) is 2.46. The molecule has 0 unspecified atom stereocenters. The average Bonchev–Trinajstić information content (AvgIpc) is 2.18. The summed E-state index contributed by atoms with van der Waals surface area (Å²) in [5, 5.41) is 3.50. The van der Waals surface area contributed by atoms with Gasteiger partial charge in [-0.05, 0) is 24.0 Å². The standard InChI is InChI=1S/C12H15N/c1-2-5-12-8-10-6-3-4-7-11(10)9-13-12/h2-4,6-7,12-13H,1,5,8-9H2/t12-/m1/s1. The van der Waals surface area contributed by atoms with Crippen molar-refractivity contribution in [3.63, 3.8) is 0 Å². The topological polar surface area (TPSA) is 12.0 Å². The third kappa shape index (κ3) is 1.81. The Bertz CT molecular complexity index is 304. The van der Waals surface area contributed by atoms with E-state index in [0.29, 0.717) is 6.04 Å². The van der Waals surface area contributed by atoms with E-state index in [1.54, 1.807) is 0 Å². The smallest absolute Gasteiger partial charge is 0.0211 e. The third-order valence-corrected chi connectivity index (χ3v) is 2.62. The van der Waals surface area contributed by atoms with Gasteiger partial charge in [0.05, 0.1) is 0 Å². The zero-order valence-electron chi connectivity index (χ0n) is 7.79. The number of fused-ring (bicyclic) bond motifs is 1. The summed E-state index contributed by atoms with van der Waals surface area (Å²) < 4.78 is 0. The molecule has 0 amide bonds. The predicted molar refractivity (Wildman–Crippen MR) is 55.6 cm³/mol. The minimum atomic E-state index is 0.590. The number of benzene rings is 1. The average molecular weight is 173 g/mol. The van der Waals surface area contributed by atoms with Crippen LogP contribution in [0, 0.1) is 0 Å². The summed E-state index contributed by atoms with van der Waals surface area (Å²) in [6.45, 7) is 4.78. The summed E-state index contributed by atoms with van der Waals surface area (Å²) in [7, 11) is 0. The fourth-order valence-corrected chi connectivity index (χ4v) is 1.89. The van der Waals surface area contributed by atoms with Crippen LogP contribution in [0.25, 0.3) is 0 Å². The minimum Gasteiger partial charge on any atom is -0.309 e. The van der Waals surface area contributed by atoms with Gasteiger partial charge in [0.25, 0.3) is 0 Å². The van der Waals surface area contributed by atoms with Gasteiger partial charge in [-0.1, -0.05) is 30.3 Å². The van der Waals surface area contributed by atoms with Gasteiger partial charge in [-0.2, -0.15) is 0 Å². The van der Waals surface area contributed by atoms with Crippen LogP contribution in [0.15, 0.2) is 36.9 Å². The van der Waals surface area contributed by atoms with E-state index in [2.05, 4.69) is 36.2 Å². The van der Waals surface area contributed by atoms with Crippen molar-refractivity contribution in [1.82, 2.24) is 5.32 Å². The van der Waals surface area contributed by atoms with Crippen LogP contribution in [-0.2, 0) is 13.0 Å². The quantitative estimate of drug-likeness (QED) is 0.676. The Morgan fingerprint density at radius 1 is 1.38 bits per heavy atom. The predicted octanol–water partition coefficient (Wildman–Crippen LogP) is 2.28. The molecule has 0 saturated heterocycles. The molecule has 1 aliphatic heterocycles. The lowest BCUT2D eigenvalue weighted by Crippen LogP contribution is -2.34. The molecule has 0 bridgehead atoms. The Balaban J connectivity index is 2.15. The molecule has 1 nitrogen and oxygen atoms in total. The maximum atomic E-state index is 3.77. The van der Waals surface area contributed by atoms with Crippen LogP contribution < -0.4 is 5.32 Å². The van der Waals surface area contributed by atoms with E-state index >= 15 is 0 Å². The van der Waals surface area contributed by atoms with Crippen LogP contribution in [0.1, 0.15) is 17.5 Å². The SMILES string of the molecule is C=CC[C@@H]1Cc2ccccc2CN1. The molecule has 1 aromatic carbocycles. The van der Waals surface area contributed by atoms with Crippen molar-refractivity contribution in [2.24, 2.45) is 0 Å². The Hall–Kier alpha value is -1.08. The van der Waals surface area contributed by atoms with Crippen molar-refractivity contribution < 1.29 is 0 Å². The van der Waals surface area contributed by atoms with E-state index in [-0.39, 0.29) is 0 Å². The van der Waals surface area contributed by atoms with Crippen molar-refractivity contribution in [1.29, 1.82) is 0 Å². The third-order valence-electron chi connectivity index (χ3n) is 2.62.